The number of hydrogen-bond acceptors (Lipinski definition) is 3. The highest BCUT2D eigenvalue weighted by Crippen LogP contribution is 2.40. The first-order valence-electron chi connectivity index (χ1n) is 7.27. The molecule has 0 spiro atoms. The van der Waals surface area contributed by atoms with Crippen LogP contribution in [0, 0.1) is 0 Å². The van der Waals surface area contributed by atoms with Gasteiger partial charge in [0.1, 0.15) is 16.7 Å². The Hall–Kier alpha value is -2.78. The van der Waals surface area contributed by atoms with E-state index in [1.165, 1.54) is 0 Å². The lowest BCUT2D eigenvalue weighted by Crippen LogP contribution is -1.75. The lowest BCUT2D eigenvalue weighted by molar-refractivity contribution is 0.620. The first-order chi connectivity index (χ1) is 11.3. The predicted molar refractivity (Wildman–Crippen MR) is 91.7 cm³/mol. The second-order valence-electron chi connectivity index (χ2n) is 5.40. The number of halogens is 1. The van der Waals surface area contributed by atoms with Gasteiger partial charge in [-0.3, -0.25) is 0 Å². The number of nitrogens with zero attached hydrogens (tertiary/aromatic N) is 1. The molecule has 0 N–H and O–H groups in total. The Labute approximate surface area is 136 Å². The van der Waals surface area contributed by atoms with Crippen molar-refractivity contribution in [3.63, 3.8) is 0 Å². The zero-order valence-corrected chi connectivity index (χ0v) is 12.7. The van der Waals surface area contributed by atoms with E-state index in [1.807, 2.05) is 60.7 Å². The molecule has 110 valence electrons. The predicted octanol–water partition coefficient (Wildman–Crippen LogP) is 6.05. The molecule has 0 aliphatic heterocycles. The Morgan fingerprint density at radius 1 is 0.826 bits per heavy atom. The third-order valence-corrected chi connectivity index (χ3v) is 4.34. The van der Waals surface area contributed by atoms with Crippen LogP contribution < -0.4 is 0 Å². The lowest BCUT2D eigenvalue weighted by Gasteiger charge is -1.94. The molecule has 0 radical (unpaired) electrons. The smallest absolute Gasteiger partial charge is 0.227 e. The van der Waals surface area contributed by atoms with Crippen molar-refractivity contribution in [3.05, 3.63) is 65.7 Å². The van der Waals surface area contributed by atoms with E-state index in [0.717, 1.165) is 27.5 Å². The minimum absolute atomic E-state index is 0.539. The molecule has 0 fully saturated rings. The second kappa shape index (κ2) is 4.61. The quantitative estimate of drug-likeness (QED) is 0.377. The highest BCUT2D eigenvalue weighted by atomic mass is 35.5. The van der Waals surface area contributed by atoms with Crippen molar-refractivity contribution in [3.8, 4) is 11.5 Å². The Kier molecular flexibility index (Phi) is 2.55. The Morgan fingerprint density at radius 3 is 2.48 bits per heavy atom. The van der Waals surface area contributed by atoms with Crippen LogP contribution in [0.2, 0.25) is 5.02 Å². The van der Waals surface area contributed by atoms with Crippen molar-refractivity contribution in [2.45, 2.75) is 0 Å². The molecule has 3 aromatic carbocycles. The summed E-state index contributed by atoms with van der Waals surface area (Å²) in [5, 5.41) is 2.38. The maximum Gasteiger partial charge on any atom is 0.227 e. The SMILES string of the molecule is Clc1c2oc(-c3ccccc3)nc2cc2oc3ccccc3c12. The summed E-state index contributed by atoms with van der Waals surface area (Å²) in [5.74, 6) is 0.555. The van der Waals surface area contributed by atoms with E-state index in [-0.39, 0.29) is 0 Å². The van der Waals surface area contributed by atoms with Gasteiger partial charge in [0, 0.05) is 17.0 Å². The molecule has 3 nitrogen and oxygen atoms in total. The van der Waals surface area contributed by atoms with Gasteiger partial charge in [0.25, 0.3) is 0 Å². The number of benzene rings is 3. The Morgan fingerprint density at radius 2 is 1.61 bits per heavy atom. The summed E-state index contributed by atoms with van der Waals surface area (Å²) in [4.78, 5) is 4.55. The molecule has 0 aliphatic rings. The van der Waals surface area contributed by atoms with Gasteiger partial charge in [0.2, 0.25) is 5.89 Å². The standard InChI is InChI=1S/C19H10ClNO2/c20-17-16-12-8-4-5-9-14(12)22-15(16)10-13-18(17)23-19(21-13)11-6-2-1-3-7-11/h1-10H. The van der Waals surface area contributed by atoms with Crippen molar-refractivity contribution in [1.82, 2.24) is 4.98 Å². The van der Waals surface area contributed by atoms with Gasteiger partial charge in [0.05, 0.1) is 10.4 Å². The van der Waals surface area contributed by atoms with Crippen LogP contribution in [0.25, 0.3) is 44.5 Å². The van der Waals surface area contributed by atoms with Crippen LogP contribution in [0.4, 0.5) is 0 Å². The van der Waals surface area contributed by atoms with Gasteiger partial charge < -0.3 is 8.83 Å². The molecular formula is C19H10ClNO2. The summed E-state index contributed by atoms with van der Waals surface area (Å²) in [7, 11) is 0. The van der Waals surface area contributed by atoms with Gasteiger partial charge in [-0.1, -0.05) is 48.0 Å². The topological polar surface area (TPSA) is 39.2 Å². The van der Waals surface area contributed by atoms with Gasteiger partial charge in [-0.25, -0.2) is 4.98 Å². The summed E-state index contributed by atoms with van der Waals surface area (Å²) in [5.41, 5.74) is 3.73. The first kappa shape index (κ1) is 12.7. The average molecular weight is 320 g/mol. The van der Waals surface area contributed by atoms with Crippen LogP contribution in [0.1, 0.15) is 0 Å². The fraction of sp³-hybridized carbons (Fsp3) is 0. The third kappa shape index (κ3) is 1.80. The van der Waals surface area contributed by atoms with Crippen molar-refractivity contribution >= 4 is 44.6 Å². The highest BCUT2D eigenvalue weighted by Gasteiger charge is 2.18. The molecule has 23 heavy (non-hydrogen) atoms. The van der Waals surface area contributed by atoms with Gasteiger partial charge in [0.15, 0.2) is 5.58 Å². The van der Waals surface area contributed by atoms with Crippen molar-refractivity contribution in [1.29, 1.82) is 0 Å². The summed E-state index contributed by atoms with van der Waals surface area (Å²) in [6, 6.07) is 19.5. The zero-order valence-electron chi connectivity index (χ0n) is 11.9. The van der Waals surface area contributed by atoms with Crippen LogP contribution in [-0.4, -0.2) is 4.98 Å². The molecular weight excluding hydrogens is 310 g/mol. The van der Waals surface area contributed by atoms with E-state index in [0.29, 0.717) is 22.0 Å². The number of para-hydroxylation sites is 1. The number of hydrogen-bond donors (Lipinski definition) is 0. The number of oxazole rings is 1. The van der Waals surface area contributed by atoms with E-state index in [4.69, 9.17) is 20.4 Å². The molecule has 0 saturated heterocycles. The third-order valence-electron chi connectivity index (χ3n) is 3.98. The van der Waals surface area contributed by atoms with E-state index >= 15 is 0 Å². The van der Waals surface area contributed by atoms with Crippen LogP contribution in [0.15, 0.2) is 69.5 Å². The molecule has 5 aromatic rings. The van der Waals surface area contributed by atoms with Crippen LogP contribution >= 0.6 is 11.6 Å². The van der Waals surface area contributed by atoms with Gasteiger partial charge in [-0.2, -0.15) is 0 Å². The number of rotatable bonds is 1. The van der Waals surface area contributed by atoms with Gasteiger partial charge >= 0.3 is 0 Å². The second-order valence-corrected chi connectivity index (χ2v) is 5.77. The maximum atomic E-state index is 6.60. The normalized spacial score (nSPS) is 11.7. The van der Waals surface area contributed by atoms with Crippen LogP contribution in [0.3, 0.4) is 0 Å². The molecule has 2 aromatic heterocycles. The van der Waals surface area contributed by atoms with Crippen molar-refractivity contribution in [2.75, 3.05) is 0 Å². The van der Waals surface area contributed by atoms with Crippen LogP contribution in [-0.2, 0) is 0 Å². The van der Waals surface area contributed by atoms with Gasteiger partial charge in [-0.05, 0) is 18.2 Å². The fourth-order valence-electron chi connectivity index (χ4n) is 2.92. The minimum Gasteiger partial charge on any atom is -0.456 e. The van der Waals surface area contributed by atoms with E-state index in [1.54, 1.807) is 0 Å². The summed E-state index contributed by atoms with van der Waals surface area (Å²) < 4.78 is 11.8. The lowest BCUT2D eigenvalue weighted by atomic mass is 10.1. The molecule has 0 saturated carbocycles. The van der Waals surface area contributed by atoms with Crippen LogP contribution in [0.5, 0.6) is 0 Å². The monoisotopic (exact) mass is 319 g/mol. The molecule has 0 aliphatic carbocycles. The van der Waals surface area contributed by atoms with E-state index in [2.05, 4.69) is 4.98 Å². The summed E-state index contributed by atoms with van der Waals surface area (Å²) in [6.07, 6.45) is 0. The molecule has 0 amide bonds. The van der Waals surface area contributed by atoms with Crippen molar-refractivity contribution in [2.24, 2.45) is 0 Å². The molecule has 5 rings (SSSR count). The largest absolute Gasteiger partial charge is 0.456 e. The van der Waals surface area contributed by atoms with Crippen molar-refractivity contribution < 1.29 is 8.83 Å². The average Bonchev–Trinajstić information content (AvgIpc) is 3.17. The van der Waals surface area contributed by atoms with Gasteiger partial charge in [-0.15, -0.1) is 0 Å². The fourth-order valence-corrected chi connectivity index (χ4v) is 3.25. The molecule has 0 atom stereocenters. The van der Waals surface area contributed by atoms with E-state index < -0.39 is 0 Å². The molecule has 4 heteroatoms. The molecule has 0 bridgehead atoms. The summed E-state index contributed by atoms with van der Waals surface area (Å²) >= 11 is 6.60. The zero-order chi connectivity index (χ0) is 15.4. The number of furan rings is 1. The first-order valence-corrected chi connectivity index (χ1v) is 7.65. The number of fused-ring (bicyclic) bond motifs is 4. The number of aromatic nitrogens is 1. The highest BCUT2D eigenvalue weighted by molar-refractivity contribution is 6.42. The molecule has 0 unspecified atom stereocenters. The molecule has 2 heterocycles. The minimum atomic E-state index is 0.539. The summed E-state index contributed by atoms with van der Waals surface area (Å²) in [6.45, 7) is 0. The van der Waals surface area contributed by atoms with E-state index in [9.17, 15) is 0 Å². The Bertz CT molecular complexity index is 1170. The Balaban J connectivity index is 1.87. The maximum absolute atomic E-state index is 6.60.